The van der Waals surface area contributed by atoms with Crippen LogP contribution in [0.15, 0.2) is 35.3 Å². The van der Waals surface area contributed by atoms with Crippen molar-refractivity contribution in [3.8, 4) is 0 Å². The minimum Gasteiger partial charge on any atom is -0.342 e. The van der Waals surface area contributed by atoms with Gasteiger partial charge in [-0.15, -0.1) is 0 Å². The highest BCUT2D eigenvalue weighted by Crippen LogP contribution is 2.11. The molecule has 0 saturated heterocycles. The van der Waals surface area contributed by atoms with E-state index in [1.807, 2.05) is 30.3 Å². The number of para-hydroxylation sites is 1. The molecule has 3 N–H and O–H groups in total. The molecule has 0 aromatic heterocycles. The largest absolute Gasteiger partial charge is 0.342 e. The Kier molecular flexibility index (Phi) is 7.66. The van der Waals surface area contributed by atoms with E-state index in [0.29, 0.717) is 0 Å². The van der Waals surface area contributed by atoms with Crippen LogP contribution in [0, 0.1) is 0 Å². The average molecular weight is 262 g/mol. The Labute approximate surface area is 116 Å². The van der Waals surface area contributed by atoms with E-state index in [0.717, 1.165) is 37.6 Å². The Bertz CT molecular complexity index is 354. The molecule has 4 heteroatoms. The molecule has 0 aliphatic carbocycles. The molecule has 0 spiro atoms. The normalized spacial score (nSPS) is 11.4. The van der Waals surface area contributed by atoms with Crippen LogP contribution < -0.4 is 11.3 Å². The second-order valence-corrected chi connectivity index (χ2v) is 4.61. The molecule has 0 aliphatic heterocycles. The fourth-order valence-corrected chi connectivity index (χ4v) is 1.84. The summed E-state index contributed by atoms with van der Waals surface area (Å²) in [6.07, 6.45) is 4.65. The van der Waals surface area contributed by atoms with Gasteiger partial charge in [-0.2, -0.15) is 0 Å². The molecule has 1 aromatic rings. The van der Waals surface area contributed by atoms with Gasteiger partial charge in [0.1, 0.15) is 0 Å². The van der Waals surface area contributed by atoms with Crippen LogP contribution in [0.5, 0.6) is 0 Å². The van der Waals surface area contributed by atoms with E-state index >= 15 is 0 Å². The number of guanidine groups is 1. The van der Waals surface area contributed by atoms with Crippen molar-refractivity contribution in [2.75, 3.05) is 13.1 Å². The second kappa shape index (κ2) is 9.39. The molecule has 19 heavy (non-hydrogen) atoms. The maximum absolute atomic E-state index is 5.64. The number of benzene rings is 1. The van der Waals surface area contributed by atoms with Gasteiger partial charge in [-0.05, 0) is 25.0 Å². The van der Waals surface area contributed by atoms with Crippen molar-refractivity contribution < 1.29 is 0 Å². The molecular formula is C15H26N4. The van der Waals surface area contributed by atoms with Gasteiger partial charge in [-0.25, -0.2) is 10.8 Å². The first kappa shape index (κ1) is 15.5. The highest BCUT2D eigenvalue weighted by molar-refractivity contribution is 5.82. The zero-order chi connectivity index (χ0) is 13.9. The van der Waals surface area contributed by atoms with E-state index in [4.69, 9.17) is 5.84 Å². The molecule has 0 unspecified atom stereocenters. The fraction of sp³-hybridized carbons (Fsp3) is 0.533. The van der Waals surface area contributed by atoms with E-state index in [9.17, 15) is 0 Å². The first-order valence-electron chi connectivity index (χ1n) is 7.17. The van der Waals surface area contributed by atoms with Gasteiger partial charge in [0.25, 0.3) is 0 Å². The van der Waals surface area contributed by atoms with E-state index in [-0.39, 0.29) is 0 Å². The summed E-state index contributed by atoms with van der Waals surface area (Å²) in [5.41, 5.74) is 3.67. The van der Waals surface area contributed by atoms with Crippen molar-refractivity contribution in [3.63, 3.8) is 0 Å². The minimum atomic E-state index is 0.758. The summed E-state index contributed by atoms with van der Waals surface area (Å²) in [6.45, 7) is 6.38. The molecule has 0 bridgehead atoms. The summed E-state index contributed by atoms with van der Waals surface area (Å²) < 4.78 is 0. The predicted octanol–water partition coefficient (Wildman–Crippen LogP) is 3.04. The number of nitrogens with one attached hydrogen (secondary N) is 1. The SMILES string of the molecule is CCCCN(CCCC)C(=Nc1ccccc1)NN. The Hall–Kier alpha value is -1.55. The van der Waals surface area contributed by atoms with Crippen LogP contribution in [0.4, 0.5) is 5.69 Å². The van der Waals surface area contributed by atoms with Crippen LogP contribution in [-0.2, 0) is 0 Å². The molecule has 1 rings (SSSR count). The van der Waals surface area contributed by atoms with Gasteiger partial charge < -0.3 is 4.90 Å². The number of aliphatic imine (C=N–C) groups is 1. The number of hydrazine groups is 1. The van der Waals surface area contributed by atoms with Crippen LogP contribution >= 0.6 is 0 Å². The Morgan fingerprint density at radius 2 is 1.68 bits per heavy atom. The summed E-state index contributed by atoms with van der Waals surface area (Å²) in [5.74, 6) is 6.40. The molecule has 0 radical (unpaired) electrons. The maximum atomic E-state index is 5.64. The number of nitrogens with zero attached hydrogens (tertiary/aromatic N) is 2. The molecule has 106 valence electrons. The van der Waals surface area contributed by atoms with E-state index in [1.165, 1.54) is 12.8 Å². The predicted molar refractivity (Wildman–Crippen MR) is 82.2 cm³/mol. The number of rotatable bonds is 7. The van der Waals surface area contributed by atoms with E-state index in [1.54, 1.807) is 0 Å². The van der Waals surface area contributed by atoms with Crippen molar-refractivity contribution in [2.45, 2.75) is 39.5 Å². The molecule has 1 aromatic carbocycles. The number of hydrogen-bond donors (Lipinski definition) is 2. The lowest BCUT2D eigenvalue weighted by Crippen LogP contribution is -2.45. The van der Waals surface area contributed by atoms with Crippen LogP contribution in [0.3, 0.4) is 0 Å². The number of hydrogen-bond acceptors (Lipinski definition) is 2. The topological polar surface area (TPSA) is 53.6 Å². The van der Waals surface area contributed by atoms with Gasteiger partial charge >= 0.3 is 0 Å². The second-order valence-electron chi connectivity index (χ2n) is 4.61. The molecule has 0 aliphatic rings. The van der Waals surface area contributed by atoms with Crippen molar-refractivity contribution in [1.82, 2.24) is 10.3 Å². The van der Waals surface area contributed by atoms with Gasteiger partial charge in [0.15, 0.2) is 0 Å². The quantitative estimate of drug-likeness (QED) is 0.344. The summed E-state index contributed by atoms with van der Waals surface area (Å²) in [7, 11) is 0. The summed E-state index contributed by atoms with van der Waals surface area (Å²) in [6, 6.07) is 9.91. The Morgan fingerprint density at radius 3 is 2.16 bits per heavy atom. The lowest BCUT2D eigenvalue weighted by molar-refractivity contribution is 0.386. The van der Waals surface area contributed by atoms with Crippen molar-refractivity contribution in [3.05, 3.63) is 30.3 Å². The maximum Gasteiger partial charge on any atom is 0.213 e. The zero-order valence-corrected chi connectivity index (χ0v) is 12.1. The molecule has 4 nitrogen and oxygen atoms in total. The molecule has 0 amide bonds. The third-order valence-corrected chi connectivity index (χ3v) is 2.98. The highest BCUT2D eigenvalue weighted by Gasteiger charge is 2.09. The molecule has 0 fully saturated rings. The number of unbranched alkanes of at least 4 members (excludes halogenated alkanes) is 2. The van der Waals surface area contributed by atoms with Crippen LogP contribution in [0.1, 0.15) is 39.5 Å². The molecule has 0 atom stereocenters. The lowest BCUT2D eigenvalue weighted by atomic mass is 10.2. The van der Waals surface area contributed by atoms with Crippen molar-refractivity contribution >= 4 is 11.6 Å². The smallest absolute Gasteiger partial charge is 0.213 e. The fourth-order valence-electron chi connectivity index (χ4n) is 1.84. The van der Waals surface area contributed by atoms with Gasteiger partial charge in [0.05, 0.1) is 5.69 Å². The highest BCUT2D eigenvalue weighted by atomic mass is 15.4. The van der Waals surface area contributed by atoms with Crippen LogP contribution in [-0.4, -0.2) is 23.9 Å². The van der Waals surface area contributed by atoms with Crippen molar-refractivity contribution in [2.24, 2.45) is 10.8 Å². The summed E-state index contributed by atoms with van der Waals surface area (Å²) in [4.78, 5) is 6.83. The zero-order valence-electron chi connectivity index (χ0n) is 12.1. The van der Waals surface area contributed by atoms with Crippen LogP contribution in [0.2, 0.25) is 0 Å². The van der Waals surface area contributed by atoms with E-state index in [2.05, 4.69) is 29.2 Å². The molecule has 0 heterocycles. The molecule has 0 saturated carbocycles. The molecular weight excluding hydrogens is 236 g/mol. The minimum absolute atomic E-state index is 0.758. The Balaban J connectivity index is 2.78. The summed E-state index contributed by atoms with van der Waals surface area (Å²) >= 11 is 0. The lowest BCUT2D eigenvalue weighted by Gasteiger charge is -2.25. The standard InChI is InChI=1S/C15H26N4/c1-3-5-12-19(13-6-4-2)15(18-16)17-14-10-8-7-9-11-14/h7-11H,3-6,12-13,16H2,1-2H3,(H,17,18). The summed E-state index contributed by atoms with van der Waals surface area (Å²) in [5, 5.41) is 0. The van der Waals surface area contributed by atoms with Crippen LogP contribution in [0.25, 0.3) is 0 Å². The number of nitrogens with two attached hydrogens (primary N) is 1. The monoisotopic (exact) mass is 262 g/mol. The van der Waals surface area contributed by atoms with Gasteiger partial charge in [-0.1, -0.05) is 44.9 Å². The first-order valence-corrected chi connectivity index (χ1v) is 7.17. The van der Waals surface area contributed by atoms with E-state index < -0.39 is 0 Å². The van der Waals surface area contributed by atoms with Crippen molar-refractivity contribution in [1.29, 1.82) is 0 Å². The first-order chi connectivity index (χ1) is 9.31. The Morgan fingerprint density at radius 1 is 1.11 bits per heavy atom. The van der Waals surface area contributed by atoms with Gasteiger partial charge in [-0.3, -0.25) is 5.43 Å². The third kappa shape index (κ3) is 5.75. The van der Waals surface area contributed by atoms with Gasteiger partial charge in [0, 0.05) is 13.1 Å². The third-order valence-electron chi connectivity index (χ3n) is 2.98. The average Bonchev–Trinajstić information content (AvgIpc) is 2.46. The van der Waals surface area contributed by atoms with Gasteiger partial charge in [0.2, 0.25) is 5.96 Å².